The summed E-state index contributed by atoms with van der Waals surface area (Å²) < 4.78 is 0. The first-order chi connectivity index (χ1) is 10.8. The average Bonchev–Trinajstić information content (AvgIpc) is 2.78. The van der Waals surface area contributed by atoms with E-state index < -0.39 is 31.9 Å². The third kappa shape index (κ3) is 2.00. The van der Waals surface area contributed by atoms with Crippen molar-refractivity contribution in [3.63, 3.8) is 0 Å². The van der Waals surface area contributed by atoms with Crippen molar-refractivity contribution >= 4 is 22.8 Å². The molecule has 0 aromatic heterocycles. The first kappa shape index (κ1) is 14.3. The fraction of sp³-hybridized carbons (Fsp3) is 0. The van der Waals surface area contributed by atoms with Crippen molar-refractivity contribution < 1.29 is 19.6 Å². The highest BCUT2D eigenvalue weighted by Gasteiger charge is 2.35. The normalized spacial score (nSPS) is 11.7. The van der Waals surface area contributed by atoms with Gasteiger partial charge in [0, 0.05) is 46.5 Å². The minimum absolute atomic E-state index is 0.0750. The smallest absolute Gasteiger partial charge is 0.289 e. The van der Waals surface area contributed by atoms with Gasteiger partial charge in [-0.1, -0.05) is 0 Å². The molecule has 0 radical (unpaired) electrons. The van der Waals surface area contributed by atoms with E-state index in [2.05, 4.69) is 0 Å². The Bertz CT molecular complexity index is 935. The third-order valence-corrected chi connectivity index (χ3v) is 3.50. The van der Waals surface area contributed by atoms with E-state index >= 15 is 0 Å². The number of non-ortho nitro benzene ring substituents is 1. The average molecular weight is 315 g/mol. The molecule has 0 N–H and O–H groups in total. The predicted molar refractivity (Wildman–Crippen MR) is 75.3 cm³/mol. The molecule has 1 aliphatic rings. The van der Waals surface area contributed by atoms with Crippen molar-refractivity contribution in [1.29, 1.82) is 0 Å². The van der Waals surface area contributed by atoms with Crippen molar-refractivity contribution in [2.24, 2.45) is 0 Å². The second-order valence-corrected chi connectivity index (χ2v) is 4.72. The van der Waals surface area contributed by atoms with Crippen LogP contribution < -0.4 is 0 Å². The van der Waals surface area contributed by atoms with Crippen LogP contribution in [0.3, 0.4) is 0 Å². The van der Waals surface area contributed by atoms with Gasteiger partial charge in [0.05, 0.1) is 14.8 Å². The molecule has 0 aliphatic heterocycles. The molecule has 0 saturated heterocycles. The maximum absolute atomic E-state index is 12.3. The molecular formula is C13H5N3O7. The summed E-state index contributed by atoms with van der Waals surface area (Å²) in [4.78, 5) is 42.5. The van der Waals surface area contributed by atoms with E-state index in [4.69, 9.17) is 0 Å². The van der Waals surface area contributed by atoms with E-state index in [9.17, 15) is 35.1 Å². The zero-order valence-electron chi connectivity index (χ0n) is 11.1. The number of nitro groups is 3. The van der Waals surface area contributed by atoms with E-state index in [1.807, 2.05) is 0 Å². The van der Waals surface area contributed by atoms with Gasteiger partial charge in [-0.3, -0.25) is 35.1 Å². The van der Waals surface area contributed by atoms with E-state index in [1.54, 1.807) is 0 Å². The number of fused-ring (bicyclic) bond motifs is 3. The molecule has 1 aliphatic carbocycles. The Morgan fingerprint density at radius 3 is 1.70 bits per heavy atom. The molecule has 3 rings (SSSR count). The summed E-state index contributed by atoms with van der Waals surface area (Å²) in [6.07, 6.45) is 0. The lowest BCUT2D eigenvalue weighted by atomic mass is 10.0. The molecule has 10 nitrogen and oxygen atoms in total. The first-order valence-electron chi connectivity index (χ1n) is 6.11. The number of nitrogens with zero attached hydrogens (tertiary/aromatic N) is 3. The van der Waals surface area contributed by atoms with Crippen LogP contribution in [0.1, 0.15) is 15.9 Å². The quantitative estimate of drug-likeness (QED) is 0.533. The van der Waals surface area contributed by atoms with Crippen LogP contribution in [-0.4, -0.2) is 20.6 Å². The van der Waals surface area contributed by atoms with Crippen LogP contribution in [0, 0.1) is 30.3 Å². The molecule has 10 heteroatoms. The van der Waals surface area contributed by atoms with Crippen LogP contribution in [-0.2, 0) is 0 Å². The molecule has 0 saturated carbocycles. The van der Waals surface area contributed by atoms with Gasteiger partial charge < -0.3 is 0 Å². The lowest BCUT2D eigenvalue weighted by Gasteiger charge is -2.01. The van der Waals surface area contributed by atoms with E-state index in [0.29, 0.717) is 0 Å². The zero-order valence-corrected chi connectivity index (χ0v) is 11.1. The number of benzene rings is 2. The summed E-state index contributed by atoms with van der Waals surface area (Å²) in [6, 6.07) is 5.22. The fourth-order valence-corrected chi connectivity index (χ4v) is 2.49. The highest BCUT2D eigenvalue weighted by atomic mass is 16.6. The van der Waals surface area contributed by atoms with E-state index in [1.165, 1.54) is 6.07 Å². The number of hydrogen-bond acceptors (Lipinski definition) is 7. The molecule has 0 amide bonds. The molecule has 0 unspecified atom stereocenters. The molecular weight excluding hydrogens is 310 g/mol. The van der Waals surface area contributed by atoms with E-state index in [-0.39, 0.29) is 27.9 Å². The van der Waals surface area contributed by atoms with Crippen LogP contribution in [0.25, 0.3) is 11.1 Å². The van der Waals surface area contributed by atoms with Gasteiger partial charge in [0.2, 0.25) is 0 Å². The van der Waals surface area contributed by atoms with Crippen LogP contribution in [0.4, 0.5) is 17.1 Å². The Morgan fingerprint density at radius 1 is 0.652 bits per heavy atom. The summed E-state index contributed by atoms with van der Waals surface area (Å²) in [5.41, 5.74) is -1.61. The standard InChI is InChI=1S/C13H5N3O7/c17-13-7-2-1-6(14(18)19)3-8(7)9-4-11(15(20)21)12(16(22)23)5-10(9)13/h1-5H. The molecule has 0 fully saturated rings. The molecule has 0 bridgehead atoms. The largest absolute Gasteiger partial charge is 0.346 e. The van der Waals surface area contributed by atoms with Crippen molar-refractivity contribution in [2.75, 3.05) is 0 Å². The number of carbonyl (C=O) groups excluding carboxylic acids is 1. The van der Waals surface area contributed by atoms with Gasteiger partial charge in [0.25, 0.3) is 5.69 Å². The first-order valence-corrected chi connectivity index (χ1v) is 6.11. The summed E-state index contributed by atoms with van der Waals surface area (Å²) in [6.45, 7) is 0. The maximum atomic E-state index is 12.3. The number of hydrogen-bond donors (Lipinski definition) is 0. The lowest BCUT2D eigenvalue weighted by molar-refractivity contribution is -0.422. The van der Waals surface area contributed by atoms with Gasteiger partial charge >= 0.3 is 11.4 Å². The van der Waals surface area contributed by atoms with Crippen LogP contribution in [0.5, 0.6) is 0 Å². The second-order valence-electron chi connectivity index (χ2n) is 4.72. The maximum Gasteiger partial charge on any atom is 0.346 e. The minimum Gasteiger partial charge on any atom is -0.289 e. The highest BCUT2D eigenvalue weighted by Crippen LogP contribution is 2.43. The van der Waals surface area contributed by atoms with Crippen LogP contribution in [0.15, 0.2) is 30.3 Å². The van der Waals surface area contributed by atoms with Gasteiger partial charge in [-0.05, 0) is 6.07 Å². The van der Waals surface area contributed by atoms with Gasteiger partial charge in [-0.2, -0.15) is 0 Å². The van der Waals surface area contributed by atoms with Crippen molar-refractivity contribution in [3.8, 4) is 11.1 Å². The topological polar surface area (TPSA) is 146 Å². The van der Waals surface area contributed by atoms with Crippen LogP contribution in [0.2, 0.25) is 0 Å². The predicted octanol–water partition coefficient (Wildman–Crippen LogP) is 2.62. The number of rotatable bonds is 3. The molecule has 2 aromatic rings. The van der Waals surface area contributed by atoms with Crippen molar-refractivity contribution in [2.45, 2.75) is 0 Å². The second kappa shape index (κ2) is 4.66. The van der Waals surface area contributed by atoms with Gasteiger partial charge in [0.1, 0.15) is 0 Å². The molecule has 2 aromatic carbocycles. The Hall–Kier alpha value is -3.69. The summed E-state index contributed by atoms with van der Waals surface area (Å²) >= 11 is 0. The highest BCUT2D eigenvalue weighted by molar-refractivity contribution is 6.22. The number of ketones is 1. The third-order valence-electron chi connectivity index (χ3n) is 3.50. The zero-order chi connectivity index (χ0) is 16.9. The van der Waals surface area contributed by atoms with Gasteiger partial charge in [-0.15, -0.1) is 0 Å². The number of nitro benzene ring substituents is 3. The van der Waals surface area contributed by atoms with E-state index in [0.717, 1.165) is 24.3 Å². The monoisotopic (exact) mass is 315 g/mol. The molecule has 0 spiro atoms. The van der Waals surface area contributed by atoms with Gasteiger partial charge in [-0.25, -0.2) is 0 Å². The molecule has 114 valence electrons. The fourth-order valence-electron chi connectivity index (χ4n) is 2.49. The lowest BCUT2D eigenvalue weighted by Crippen LogP contribution is -2.00. The Balaban J connectivity index is 2.33. The molecule has 0 atom stereocenters. The number of carbonyl (C=O) groups is 1. The Labute approximate surface area is 126 Å². The Kier molecular flexibility index (Phi) is 2.89. The Morgan fingerprint density at radius 2 is 1.17 bits per heavy atom. The minimum atomic E-state index is -0.947. The van der Waals surface area contributed by atoms with Crippen LogP contribution >= 0.6 is 0 Å². The molecule has 0 heterocycles. The summed E-state index contributed by atoms with van der Waals surface area (Å²) in [7, 11) is 0. The SMILES string of the molecule is O=C1c2ccc([N+](=O)[O-])cc2-c2cc([N+](=O)[O-])c([N+](=O)[O-])cc21. The molecule has 23 heavy (non-hydrogen) atoms. The summed E-state index contributed by atoms with van der Waals surface area (Å²) in [5, 5.41) is 32.8. The van der Waals surface area contributed by atoms with Gasteiger partial charge in [0.15, 0.2) is 5.78 Å². The van der Waals surface area contributed by atoms with Crippen molar-refractivity contribution in [1.82, 2.24) is 0 Å². The summed E-state index contributed by atoms with van der Waals surface area (Å²) in [5.74, 6) is -0.567. The van der Waals surface area contributed by atoms with Crippen molar-refractivity contribution in [3.05, 3.63) is 71.8 Å².